The van der Waals surface area contributed by atoms with Gasteiger partial charge in [0.15, 0.2) is 0 Å². The number of hydrogen-bond donors (Lipinski definition) is 4. The number of hydrogen-bond acceptors (Lipinski definition) is 4. The lowest BCUT2D eigenvalue weighted by atomic mass is 10.0. The summed E-state index contributed by atoms with van der Waals surface area (Å²) in [5.74, 6) is -0.279. The molecule has 0 bridgehead atoms. The van der Waals surface area contributed by atoms with Crippen LogP contribution in [0.4, 0.5) is 0 Å². The summed E-state index contributed by atoms with van der Waals surface area (Å²) in [4.78, 5) is 12.5. The molecule has 376 valence electrons. The van der Waals surface area contributed by atoms with Crippen molar-refractivity contribution in [1.82, 2.24) is 5.32 Å². The summed E-state index contributed by atoms with van der Waals surface area (Å²) in [6.07, 6.45) is 66.6. The van der Waals surface area contributed by atoms with Crippen LogP contribution in [0.5, 0.6) is 0 Å². The van der Waals surface area contributed by atoms with Crippen molar-refractivity contribution in [3.8, 4) is 0 Å². The molecule has 0 aliphatic heterocycles. The Bertz CT molecular complexity index is 894. The number of aliphatic hydroxyl groups is 3. The highest BCUT2D eigenvalue weighted by Crippen LogP contribution is 2.18. The van der Waals surface area contributed by atoms with Crippen molar-refractivity contribution in [3.63, 3.8) is 0 Å². The molecule has 5 heteroatoms. The molecule has 0 aliphatic carbocycles. The third kappa shape index (κ3) is 50.3. The van der Waals surface area contributed by atoms with Crippen molar-refractivity contribution in [3.05, 3.63) is 12.2 Å². The van der Waals surface area contributed by atoms with Gasteiger partial charge >= 0.3 is 0 Å². The summed E-state index contributed by atoms with van der Waals surface area (Å²) >= 11 is 0. The minimum Gasteiger partial charge on any atom is -0.394 e. The number of unbranched alkanes of at least 4 members (excludes halogenated alkanes) is 43. The van der Waals surface area contributed by atoms with Crippen LogP contribution in [0.1, 0.15) is 328 Å². The first-order valence-corrected chi connectivity index (χ1v) is 29.0. The summed E-state index contributed by atoms with van der Waals surface area (Å²) in [6.45, 7) is 4.31. The van der Waals surface area contributed by atoms with Crippen LogP contribution in [0.3, 0.4) is 0 Å². The molecule has 4 N–H and O–H groups in total. The van der Waals surface area contributed by atoms with Gasteiger partial charge < -0.3 is 20.6 Å². The van der Waals surface area contributed by atoms with E-state index < -0.39 is 18.2 Å². The van der Waals surface area contributed by atoms with Crippen molar-refractivity contribution in [2.45, 2.75) is 347 Å². The first kappa shape index (κ1) is 62.1. The third-order valence-electron chi connectivity index (χ3n) is 13.8. The zero-order chi connectivity index (χ0) is 45.8. The van der Waals surface area contributed by atoms with E-state index in [1.807, 2.05) is 0 Å². The molecule has 0 saturated carbocycles. The number of allylic oxidation sites excluding steroid dienone is 2. The topological polar surface area (TPSA) is 89.8 Å². The van der Waals surface area contributed by atoms with Crippen molar-refractivity contribution in [2.75, 3.05) is 6.61 Å². The van der Waals surface area contributed by atoms with E-state index in [9.17, 15) is 20.1 Å². The summed E-state index contributed by atoms with van der Waals surface area (Å²) in [5, 5.41) is 33.7. The van der Waals surface area contributed by atoms with Crippen LogP contribution >= 0.6 is 0 Å². The zero-order valence-electron chi connectivity index (χ0n) is 43.0. The van der Waals surface area contributed by atoms with Gasteiger partial charge in [-0.2, -0.15) is 0 Å². The Morgan fingerprint density at radius 1 is 0.381 bits per heavy atom. The number of nitrogens with one attached hydrogen (secondary N) is 1. The summed E-state index contributed by atoms with van der Waals surface area (Å²) in [7, 11) is 0. The highest BCUT2D eigenvalue weighted by Gasteiger charge is 2.21. The van der Waals surface area contributed by atoms with E-state index in [4.69, 9.17) is 0 Å². The largest absolute Gasteiger partial charge is 0.394 e. The minimum absolute atomic E-state index is 0.0373. The van der Waals surface area contributed by atoms with Crippen molar-refractivity contribution in [2.24, 2.45) is 0 Å². The highest BCUT2D eigenvalue weighted by molar-refractivity contribution is 5.76. The van der Waals surface area contributed by atoms with Gasteiger partial charge in [-0.05, 0) is 38.5 Å². The van der Waals surface area contributed by atoms with Crippen LogP contribution in [-0.2, 0) is 4.79 Å². The number of carbonyl (C=O) groups is 1. The van der Waals surface area contributed by atoms with E-state index in [0.717, 1.165) is 25.7 Å². The van der Waals surface area contributed by atoms with Crippen molar-refractivity contribution >= 4 is 5.91 Å². The van der Waals surface area contributed by atoms with Crippen LogP contribution in [0.15, 0.2) is 12.2 Å². The summed E-state index contributed by atoms with van der Waals surface area (Å²) in [5.41, 5.74) is 0. The van der Waals surface area contributed by atoms with Crippen LogP contribution in [0.25, 0.3) is 0 Å². The third-order valence-corrected chi connectivity index (χ3v) is 13.8. The Kier molecular flexibility index (Phi) is 52.9. The highest BCUT2D eigenvalue weighted by atomic mass is 16.3. The Morgan fingerprint density at radius 3 is 0.921 bits per heavy atom. The van der Waals surface area contributed by atoms with Crippen LogP contribution in [0, 0.1) is 0 Å². The fraction of sp³-hybridized carbons (Fsp3) is 0.948. The number of amides is 1. The van der Waals surface area contributed by atoms with Crippen LogP contribution < -0.4 is 5.32 Å². The first-order chi connectivity index (χ1) is 31.0. The van der Waals surface area contributed by atoms with Gasteiger partial charge in [0.05, 0.1) is 31.3 Å². The lowest BCUT2D eigenvalue weighted by Crippen LogP contribution is -2.46. The maximum atomic E-state index is 12.5. The van der Waals surface area contributed by atoms with Gasteiger partial charge in [0.1, 0.15) is 0 Å². The Labute approximate surface area is 395 Å². The van der Waals surface area contributed by atoms with Gasteiger partial charge in [0, 0.05) is 0 Å². The molecule has 3 unspecified atom stereocenters. The molecule has 1 amide bonds. The van der Waals surface area contributed by atoms with Gasteiger partial charge in [-0.15, -0.1) is 0 Å². The predicted molar refractivity (Wildman–Crippen MR) is 278 cm³/mol. The zero-order valence-corrected chi connectivity index (χ0v) is 43.0. The van der Waals surface area contributed by atoms with Crippen LogP contribution in [0.2, 0.25) is 0 Å². The maximum absolute atomic E-state index is 12.5. The second-order valence-electron chi connectivity index (χ2n) is 20.3. The molecule has 0 aromatic carbocycles. The molecule has 0 radical (unpaired) electrons. The smallest absolute Gasteiger partial charge is 0.222 e. The van der Waals surface area contributed by atoms with Crippen molar-refractivity contribution in [1.29, 1.82) is 0 Å². The summed E-state index contributed by atoms with van der Waals surface area (Å²) < 4.78 is 0. The molecule has 0 heterocycles. The quantitative estimate of drug-likeness (QED) is 0.0362. The molecule has 3 atom stereocenters. The summed E-state index contributed by atoms with van der Waals surface area (Å²) in [6, 6.07) is -0.659. The maximum Gasteiger partial charge on any atom is 0.222 e. The monoisotopic (exact) mass is 890 g/mol. The molecule has 0 fully saturated rings. The van der Waals surface area contributed by atoms with Gasteiger partial charge in [0.25, 0.3) is 0 Å². The molecule has 5 nitrogen and oxygen atoms in total. The van der Waals surface area contributed by atoms with E-state index >= 15 is 0 Å². The number of aliphatic hydroxyl groups excluding tert-OH is 3. The molecule has 0 aromatic heterocycles. The number of rotatable bonds is 54. The lowest BCUT2D eigenvalue weighted by molar-refractivity contribution is -0.125. The second-order valence-corrected chi connectivity index (χ2v) is 20.3. The first-order valence-electron chi connectivity index (χ1n) is 29.0. The average molecular weight is 891 g/mol. The predicted octanol–water partition coefficient (Wildman–Crippen LogP) is 17.9. The van der Waals surface area contributed by atoms with Gasteiger partial charge in [0.2, 0.25) is 5.91 Å². The van der Waals surface area contributed by atoms with E-state index in [1.165, 1.54) is 270 Å². The Morgan fingerprint density at radius 2 is 0.635 bits per heavy atom. The van der Waals surface area contributed by atoms with Gasteiger partial charge in [-0.3, -0.25) is 4.79 Å². The van der Waals surface area contributed by atoms with E-state index in [2.05, 4.69) is 31.3 Å². The Hall–Kier alpha value is -0.910. The molecular formula is C58H115NO4. The van der Waals surface area contributed by atoms with Crippen LogP contribution in [-0.4, -0.2) is 46.1 Å². The fourth-order valence-electron chi connectivity index (χ4n) is 9.40. The van der Waals surface area contributed by atoms with Gasteiger partial charge in [-0.1, -0.05) is 296 Å². The van der Waals surface area contributed by atoms with Crippen molar-refractivity contribution < 1.29 is 20.1 Å². The lowest BCUT2D eigenvalue weighted by Gasteiger charge is -2.23. The fourth-order valence-corrected chi connectivity index (χ4v) is 9.40. The second kappa shape index (κ2) is 53.7. The molecule has 63 heavy (non-hydrogen) atoms. The molecule has 0 spiro atoms. The van der Waals surface area contributed by atoms with E-state index in [1.54, 1.807) is 0 Å². The normalized spacial score (nSPS) is 13.3. The molecule has 0 aromatic rings. The molecular weight excluding hydrogens is 775 g/mol. The standard InChI is InChI=1S/C58H115NO4/c1-3-5-7-9-11-13-15-17-19-21-23-25-27-28-30-32-34-36-38-40-42-44-46-48-50-52-57(62)56(54-60)59-58(63)53-55(61)51-49-47-45-43-41-39-37-35-33-31-29-26-24-22-20-18-16-14-12-10-8-6-4-2/h31,33,55-57,60-62H,3-30,32,34-54H2,1-2H3,(H,59,63)/b33-31-. The molecule has 0 saturated heterocycles. The number of carbonyl (C=O) groups excluding carboxylic acids is 1. The van der Waals surface area contributed by atoms with E-state index in [-0.39, 0.29) is 18.9 Å². The van der Waals surface area contributed by atoms with E-state index in [0.29, 0.717) is 12.8 Å². The molecule has 0 aliphatic rings. The molecule has 0 rings (SSSR count). The SMILES string of the molecule is CCCCCCCCCCCCCC/C=C\CCCCCCCCCC(O)CC(=O)NC(CO)C(O)CCCCCCCCCCCCCCCCCCCCCCCCCCC. The van der Waals surface area contributed by atoms with Gasteiger partial charge in [-0.25, -0.2) is 0 Å². The minimum atomic E-state index is -0.749. The Balaban J connectivity index is 3.51. The average Bonchev–Trinajstić information content (AvgIpc) is 3.28.